The molecule has 0 aromatic rings. The van der Waals surface area contributed by atoms with E-state index in [9.17, 15) is 4.79 Å². The van der Waals surface area contributed by atoms with Crippen LogP contribution in [0.15, 0.2) is 12.7 Å². The molecule has 4 heteroatoms. The van der Waals surface area contributed by atoms with Crippen LogP contribution in [-0.4, -0.2) is 18.3 Å². The molecule has 0 fully saturated rings. The minimum absolute atomic E-state index is 0. The van der Waals surface area contributed by atoms with Gasteiger partial charge < -0.3 is 6.16 Å². The second kappa shape index (κ2) is 6.99. The molecule has 0 heterocycles. The molecule has 0 saturated heterocycles. The van der Waals surface area contributed by atoms with E-state index in [2.05, 4.69) is 11.3 Å². The fraction of sp³-hybridized carbons (Fsp3) is 0.333. The van der Waals surface area contributed by atoms with Crippen molar-refractivity contribution in [2.24, 2.45) is 0 Å². The van der Waals surface area contributed by atoms with Crippen molar-refractivity contribution >= 4 is 11.7 Å². The number of carbonyl (C=O) groups excluding carboxylic acids is 1. The van der Waals surface area contributed by atoms with Crippen LogP contribution in [0.3, 0.4) is 0 Å². The first-order valence-corrected chi connectivity index (χ1v) is 2.51. The second-order valence-corrected chi connectivity index (χ2v) is 1.51. The van der Waals surface area contributed by atoms with Crippen LogP contribution >= 0.6 is 0 Å². The third-order valence-corrected chi connectivity index (χ3v) is 0.638. The van der Waals surface area contributed by atoms with Gasteiger partial charge in [-0.05, 0) is 6.92 Å². The number of carbonyl (C=O) groups is 1. The summed E-state index contributed by atoms with van der Waals surface area (Å²) in [6.45, 7) is 4.90. The van der Waals surface area contributed by atoms with Gasteiger partial charge >= 0.3 is 35.5 Å². The molecule has 0 aliphatic heterocycles. The van der Waals surface area contributed by atoms with Gasteiger partial charge in [0.25, 0.3) is 0 Å². The Hall–Kier alpha value is -0.120. The van der Waals surface area contributed by atoms with E-state index in [1.54, 1.807) is 0 Å². The Bertz CT molecular complexity index is 150. The van der Waals surface area contributed by atoms with Gasteiger partial charge in [0, 0.05) is 0 Å². The van der Waals surface area contributed by atoms with Crippen LogP contribution in [-0.2, 0) is 9.53 Å². The van der Waals surface area contributed by atoms with Crippen LogP contribution in [0.4, 0.5) is 0 Å². The summed E-state index contributed by atoms with van der Waals surface area (Å²) in [6, 6.07) is 0. The van der Waals surface area contributed by atoms with E-state index in [1.165, 1.54) is 13.0 Å². The smallest absolute Gasteiger partial charge is 1.00 e. The third-order valence-electron chi connectivity index (χ3n) is 0.638. The molecule has 0 radical (unpaired) electrons. The summed E-state index contributed by atoms with van der Waals surface area (Å²) in [7, 11) is 0. The van der Waals surface area contributed by atoms with E-state index in [4.69, 9.17) is 5.41 Å². The van der Waals surface area contributed by atoms with Gasteiger partial charge in [-0.3, -0.25) is 5.41 Å². The molecule has 0 aliphatic carbocycles. The Kier molecular flexibility index (Phi) is 8.77. The summed E-state index contributed by atoms with van der Waals surface area (Å²) in [5.41, 5.74) is -0.0862. The first kappa shape index (κ1) is 12.5. The van der Waals surface area contributed by atoms with E-state index in [0.717, 1.165) is 0 Å². The van der Waals surface area contributed by atoms with E-state index in [1.807, 2.05) is 0 Å². The van der Waals surface area contributed by atoms with Crippen molar-refractivity contribution in [1.82, 2.24) is 0 Å². The molecule has 0 amide bonds. The van der Waals surface area contributed by atoms with Gasteiger partial charge in [0.2, 0.25) is 0 Å². The molecule has 0 atom stereocenters. The van der Waals surface area contributed by atoms with Gasteiger partial charge in [0.15, 0.2) is 0 Å². The molecule has 0 aromatic carbocycles. The Morgan fingerprint density at radius 3 is 2.70 bits per heavy atom. The van der Waals surface area contributed by atoms with Gasteiger partial charge in [0.1, 0.15) is 12.3 Å². The van der Waals surface area contributed by atoms with Gasteiger partial charge in [0.05, 0.1) is 0 Å². The fourth-order valence-electron chi connectivity index (χ4n) is 0.243. The molecular weight excluding hydrogens is 141 g/mol. The summed E-state index contributed by atoms with van der Waals surface area (Å²) >= 11 is 0. The van der Waals surface area contributed by atoms with Crippen molar-refractivity contribution in [3.63, 3.8) is 0 Å². The van der Waals surface area contributed by atoms with E-state index in [-0.39, 0.29) is 43.3 Å². The number of rotatable bonds is 3. The molecule has 1 N–H and O–H groups in total. The van der Waals surface area contributed by atoms with Crippen molar-refractivity contribution in [2.75, 3.05) is 6.61 Å². The third kappa shape index (κ3) is 6.01. The predicted octanol–water partition coefficient (Wildman–Crippen LogP) is -2.13. The zero-order valence-corrected chi connectivity index (χ0v) is 8.31. The number of ether oxygens (including phenoxy) is 1. The molecule has 0 bridgehead atoms. The minimum Gasteiger partial charge on any atom is -1.00 e. The maximum absolute atomic E-state index is 10.4. The fourth-order valence-corrected chi connectivity index (χ4v) is 0.243. The molecule has 0 unspecified atom stereocenters. The van der Waals surface area contributed by atoms with E-state index < -0.39 is 5.97 Å². The number of hydrogen-bond acceptors (Lipinski definition) is 3. The summed E-state index contributed by atoms with van der Waals surface area (Å²) in [5, 5.41) is 6.77. The van der Waals surface area contributed by atoms with Gasteiger partial charge in [-0.2, -0.15) is 0 Å². The van der Waals surface area contributed by atoms with Crippen LogP contribution in [0.5, 0.6) is 0 Å². The van der Waals surface area contributed by atoms with Crippen molar-refractivity contribution in [2.45, 2.75) is 6.92 Å². The standard InChI is InChI=1S/C6H9NO2.Na.H/c1-3-4-9-6(8)5(2)7;;/h3,7H,1,4H2,2H3;;/q;+1;-1. The molecule has 3 nitrogen and oxygen atoms in total. The Morgan fingerprint density at radius 1 is 1.90 bits per heavy atom. The zero-order valence-electron chi connectivity index (χ0n) is 7.31. The van der Waals surface area contributed by atoms with Crippen LogP contribution in [0.2, 0.25) is 0 Å². The SMILES string of the molecule is C=CCOC(=O)C(C)=N.[H-].[Na+]. The number of esters is 1. The van der Waals surface area contributed by atoms with Crippen molar-refractivity contribution in [1.29, 1.82) is 5.41 Å². The molecule has 52 valence electrons. The number of hydrogen-bond donors (Lipinski definition) is 1. The summed E-state index contributed by atoms with van der Waals surface area (Å²) < 4.78 is 4.47. The first-order chi connectivity index (χ1) is 4.18. The van der Waals surface area contributed by atoms with Crippen LogP contribution < -0.4 is 29.6 Å². The number of nitrogens with one attached hydrogen (secondary N) is 1. The molecular formula is C6H10NNaO2. The Labute approximate surface area is 83.7 Å². The monoisotopic (exact) mass is 151 g/mol. The Balaban J connectivity index is -0.000000320. The molecule has 10 heavy (non-hydrogen) atoms. The van der Waals surface area contributed by atoms with Gasteiger partial charge in [-0.15, -0.1) is 0 Å². The zero-order chi connectivity index (χ0) is 7.28. The summed E-state index contributed by atoms with van der Waals surface area (Å²) in [5.74, 6) is -0.588. The largest absolute Gasteiger partial charge is 1.00 e. The maximum atomic E-state index is 10.4. The van der Waals surface area contributed by atoms with E-state index in [0.29, 0.717) is 0 Å². The Morgan fingerprint density at radius 2 is 2.40 bits per heavy atom. The molecule has 0 aromatic heterocycles. The molecule has 0 spiro atoms. The molecule has 0 aliphatic rings. The van der Waals surface area contributed by atoms with Crippen LogP contribution in [0.25, 0.3) is 0 Å². The minimum atomic E-state index is -0.588. The average Bonchev–Trinajstić information content (AvgIpc) is 1.82. The molecule has 0 rings (SSSR count). The second-order valence-electron chi connectivity index (χ2n) is 1.51. The quantitative estimate of drug-likeness (QED) is 0.217. The normalized spacial score (nSPS) is 7.30. The van der Waals surface area contributed by atoms with Crippen LogP contribution in [0.1, 0.15) is 8.35 Å². The van der Waals surface area contributed by atoms with Crippen LogP contribution in [0, 0.1) is 5.41 Å². The van der Waals surface area contributed by atoms with Gasteiger partial charge in [-0.1, -0.05) is 12.7 Å². The summed E-state index contributed by atoms with van der Waals surface area (Å²) in [4.78, 5) is 10.4. The van der Waals surface area contributed by atoms with Crippen molar-refractivity contribution in [3.05, 3.63) is 12.7 Å². The molecule has 0 saturated carbocycles. The first-order valence-electron chi connectivity index (χ1n) is 2.51. The topological polar surface area (TPSA) is 50.2 Å². The summed E-state index contributed by atoms with van der Waals surface area (Å²) in [6.07, 6.45) is 1.46. The predicted molar refractivity (Wildman–Crippen MR) is 35.7 cm³/mol. The van der Waals surface area contributed by atoms with Crippen molar-refractivity contribution in [3.8, 4) is 0 Å². The van der Waals surface area contributed by atoms with Gasteiger partial charge in [-0.25, -0.2) is 4.79 Å². The van der Waals surface area contributed by atoms with E-state index >= 15 is 0 Å². The maximum Gasteiger partial charge on any atom is 1.00 e. The van der Waals surface area contributed by atoms with Crippen molar-refractivity contribution < 1.29 is 40.5 Å². The average molecular weight is 151 g/mol.